The molecule has 0 aliphatic rings. The number of phenolic OH excluding ortho intramolecular Hbond substituents is 2. The Labute approximate surface area is 81.3 Å². The molecule has 1 aromatic heterocycles. The summed E-state index contributed by atoms with van der Waals surface area (Å²) in [4.78, 5) is 4.10. The van der Waals surface area contributed by atoms with E-state index < -0.39 is 0 Å². The summed E-state index contributed by atoms with van der Waals surface area (Å²) in [7, 11) is 0. The van der Waals surface area contributed by atoms with Crippen LogP contribution >= 0.6 is 0 Å². The molecule has 3 nitrogen and oxygen atoms in total. The summed E-state index contributed by atoms with van der Waals surface area (Å²) in [6, 6.07) is 9.89. The SMILES string of the molecule is Oc1ccc(-c2ccccn2)c(O)c1. The standard InChI is InChI=1S/C11H9NO2/c13-8-4-5-9(11(14)7-8)10-3-1-2-6-12-10/h1-7,13-14H. The van der Waals surface area contributed by atoms with Crippen LogP contribution in [0.2, 0.25) is 0 Å². The highest BCUT2D eigenvalue weighted by atomic mass is 16.3. The molecule has 0 saturated heterocycles. The second-order valence-corrected chi connectivity index (χ2v) is 2.92. The summed E-state index contributed by atoms with van der Waals surface area (Å²) in [5, 5.41) is 18.6. The smallest absolute Gasteiger partial charge is 0.128 e. The lowest BCUT2D eigenvalue weighted by Crippen LogP contribution is -1.82. The molecule has 1 heterocycles. The zero-order chi connectivity index (χ0) is 9.97. The molecule has 0 saturated carbocycles. The highest BCUT2D eigenvalue weighted by Crippen LogP contribution is 2.30. The molecule has 2 rings (SSSR count). The van der Waals surface area contributed by atoms with E-state index in [4.69, 9.17) is 5.11 Å². The molecule has 0 atom stereocenters. The molecule has 0 radical (unpaired) electrons. The third-order valence-electron chi connectivity index (χ3n) is 1.92. The fourth-order valence-electron chi connectivity index (χ4n) is 1.26. The Hall–Kier alpha value is -2.03. The van der Waals surface area contributed by atoms with E-state index in [0.717, 1.165) is 0 Å². The van der Waals surface area contributed by atoms with Gasteiger partial charge in [-0.05, 0) is 24.3 Å². The molecule has 0 spiro atoms. The number of rotatable bonds is 1. The molecule has 2 N–H and O–H groups in total. The van der Waals surface area contributed by atoms with Crippen molar-refractivity contribution in [2.45, 2.75) is 0 Å². The number of aromatic nitrogens is 1. The molecule has 70 valence electrons. The zero-order valence-corrected chi connectivity index (χ0v) is 7.38. The second kappa shape index (κ2) is 3.38. The Bertz CT molecular complexity index is 440. The molecule has 14 heavy (non-hydrogen) atoms. The van der Waals surface area contributed by atoms with Crippen LogP contribution in [-0.2, 0) is 0 Å². The predicted molar refractivity (Wildman–Crippen MR) is 53.0 cm³/mol. The van der Waals surface area contributed by atoms with E-state index in [1.54, 1.807) is 24.4 Å². The van der Waals surface area contributed by atoms with Crippen LogP contribution in [0.1, 0.15) is 0 Å². The lowest BCUT2D eigenvalue weighted by atomic mass is 10.1. The normalized spacial score (nSPS) is 10.0. The zero-order valence-electron chi connectivity index (χ0n) is 7.38. The van der Waals surface area contributed by atoms with E-state index in [-0.39, 0.29) is 11.5 Å². The van der Waals surface area contributed by atoms with Gasteiger partial charge in [-0.1, -0.05) is 6.07 Å². The van der Waals surface area contributed by atoms with Crippen molar-refractivity contribution in [3.05, 3.63) is 42.6 Å². The quantitative estimate of drug-likeness (QED) is 0.719. The minimum Gasteiger partial charge on any atom is -0.508 e. The van der Waals surface area contributed by atoms with Crippen molar-refractivity contribution in [2.24, 2.45) is 0 Å². The number of hydrogen-bond donors (Lipinski definition) is 2. The van der Waals surface area contributed by atoms with Crippen molar-refractivity contribution in [3.63, 3.8) is 0 Å². The predicted octanol–water partition coefficient (Wildman–Crippen LogP) is 2.16. The van der Waals surface area contributed by atoms with Gasteiger partial charge in [-0.3, -0.25) is 4.98 Å². The summed E-state index contributed by atoms with van der Waals surface area (Å²) in [5.41, 5.74) is 1.30. The van der Waals surface area contributed by atoms with Crippen LogP contribution in [0.5, 0.6) is 11.5 Å². The summed E-state index contributed by atoms with van der Waals surface area (Å²) in [6.07, 6.45) is 1.65. The van der Waals surface area contributed by atoms with Gasteiger partial charge >= 0.3 is 0 Å². The van der Waals surface area contributed by atoms with Gasteiger partial charge in [0, 0.05) is 17.8 Å². The minimum absolute atomic E-state index is 0.0312. The summed E-state index contributed by atoms with van der Waals surface area (Å²) in [5.74, 6) is 0.0749. The molecular weight excluding hydrogens is 178 g/mol. The third-order valence-corrected chi connectivity index (χ3v) is 1.92. The highest BCUT2D eigenvalue weighted by molar-refractivity contribution is 5.67. The summed E-state index contributed by atoms with van der Waals surface area (Å²) < 4.78 is 0. The molecule has 0 fully saturated rings. The fraction of sp³-hybridized carbons (Fsp3) is 0. The van der Waals surface area contributed by atoms with Crippen LogP contribution in [0.4, 0.5) is 0 Å². The van der Waals surface area contributed by atoms with Gasteiger partial charge in [-0.25, -0.2) is 0 Å². The van der Waals surface area contributed by atoms with Gasteiger partial charge < -0.3 is 10.2 Å². The highest BCUT2D eigenvalue weighted by Gasteiger charge is 2.04. The molecule has 0 amide bonds. The first kappa shape index (κ1) is 8.56. The maximum absolute atomic E-state index is 9.54. The average Bonchev–Trinajstić information content (AvgIpc) is 2.19. The van der Waals surface area contributed by atoms with Gasteiger partial charge in [-0.2, -0.15) is 0 Å². The van der Waals surface area contributed by atoms with E-state index in [0.29, 0.717) is 11.3 Å². The maximum atomic E-state index is 9.54. The van der Waals surface area contributed by atoms with Crippen molar-refractivity contribution in [2.75, 3.05) is 0 Å². The van der Waals surface area contributed by atoms with E-state index >= 15 is 0 Å². The Morgan fingerprint density at radius 1 is 1.00 bits per heavy atom. The summed E-state index contributed by atoms with van der Waals surface area (Å²) >= 11 is 0. The van der Waals surface area contributed by atoms with Crippen molar-refractivity contribution in [3.8, 4) is 22.8 Å². The van der Waals surface area contributed by atoms with E-state index in [9.17, 15) is 5.11 Å². The Morgan fingerprint density at radius 2 is 1.86 bits per heavy atom. The largest absolute Gasteiger partial charge is 0.508 e. The molecular formula is C11H9NO2. The first-order valence-electron chi connectivity index (χ1n) is 4.21. The van der Waals surface area contributed by atoms with E-state index in [1.807, 2.05) is 6.07 Å². The third kappa shape index (κ3) is 1.52. The molecule has 3 heteroatoms. The number of aromatic hydroxyl groups is 2. The Morgan fingerprint density at radius 3 is 2.50 bits per heavy atom. The van der Waals surface area contributed by atoms with Gasteiger partial charge in [0.25, 0.3) is 0 Å². The minimum atomic E-state index is 0.0312. The molecule has 0 bridgehead atoms. The Balaban J connectivity index is 2.53. The van der Waals surface area contributed by atoms with E-state index in [2.05, 4.69) is 4.98 Å². The number of benzene rings is 1. The maximum Gasteiger partial charge on any atom is 0.128 e. The van der Waals surface area contributed by atoms with Crippen LogP contribution < -0.4 is 0 Å². The van der Waals surface area contributed by atoms with Gasteiger partial charge in [-0.15, -0.1) is 0 Å². The van der Waals surface area contributed by atoms with Crippen LogP contribution in [0.15, 0.2) is 42.6 Å². The molecule has 1 aromatic carbocycles. The van der Waals surface area contributed by atoms with Crippen LogP contribution in [0, 0.1) is 0 Å². The molecule has 0 unspecified atom stereocenters. The topological polar surface area (TPSA) is 53.4 Å². The Kier molecular flexibility index (Phi) is 2.07. The molecule has 0 aliphatic heterocycles. The van der Waals surface area contributed by atoms with Crippen molar-refractivity contribution >= 4 is 0 Å². The monoisotopic (exact) mass is 187 g/mol. The fourth-order valence-corrected chi connectivity index (χ4v) is 1.26. The van der Waals surface area contributed by atoms with Crippen molar-refractivity contribution in [1.82, 2.24) is 4.98 Å². The van der Waals surface area contributed by atoms with Crippen LogP contribution in [0.25, 0.3) is 11.3 Å². The van der Waals surface area contributed by atoms with Crippen molar-refractivity contribution < 1.29 is 10.2 Å². The first-order chi connectivity index (χ1) is 6.77. The lowest BCUT2D eigenvalue weighted by Gasteiger charge is -2.03. The van der Waals surface area contributed by atoms with Gasteiger partial charge in [0.2, 0.25) is 0 Å². The van der Waals surface area contributed by atoms with Crippen LogP contribution in [0.3, 0.4) is 0 Å². The number of phenols is 2. The average molecular weight is 187 g/mol. The first-order valence-corrected chi connectivity index (χ1v) is 4.21. The van der Waals surface area contributed by atoms with E-state index in [1.165, 1.54) is 12.1 Å². The molecule has 0 aliphatic carbocycles. The lowest BCUT2D eigenvalue weighted by molar-refractivity contribution is 0.452. The van der Waals surface area contributed by atoms with Gasteiger partial charge in [0.15, 0.2) is 0 Å². The second-order valence-electron chi connectivity index (χ2n) is 2.92. The van der Waals surface area contributed by atoms with Crippen molar-refractivity contribution in [1.29, 1.82) is 0 Å². The van der Waals surface area contributed by atoms with Gasteiger partial charge in [0.1, 0.15) is 11.5 Å². The van der Waals surface area contributed by atoms with Crippen LogP contribution in [-0.4, -0.2) is 15.2 Å². The number of pyridine rings is 1. The van der Waals surface area contributed by atoms with Gasteiger partial charge in [0.05, 0.1) is 5.69 Å². The number of nitrogens with zero attached hydrogens (tertiary/aromatic N) is 1. The molecule has 2 aromatic rings. The summed E-state index contributed by atoms with van der Waals surface area (Å²) in [6.45, 7) is 0. The number of hydrogen-bond acceptors (Lipinski definition) is 3.